The molecular weight excluding hydrogens is 360 g/mol. The molecule has 0 saturated carbocycles. The molecule has 6 aromatic rings. The number of rotatable bonds is 1. The highest BCUT2D eigenvalue weighted by molar-refractivity contribution is 6.22. The van der Waals surface area contributed by atoms with Gasteiger partial charge in [-0.25, -0.2) is 0 Å². The Morgan fingerprint density at radius 2 is 0.533 bits per heavy atom. The smallest absolute Gasteiger partial charge is 0.00606 e. The van der Waals surface area contributed by atoms with E-state index in [0.29, 0.717) is 0 Å². The van der Waals surface area contributed by atoms with E-state index >= 15 is 0 Å². The maximum absolute atomic E-state index is 2.29. The lowest BCUT2D eigenvalue weighted by Gasteiger charge is -2.20. The first-order chi connectivity index (χ1) is 14.8. The second-order valence-corrected chi connectivity index (χ2v) is 8.18. The molecule has 0 N–H and O–H groups in total. The summed E-state index contributed by atoms with van der Waals surface area (Å²) in [5.41, 5.74) is 5.44. The van der Waals surface area contributed by atoms with E-state index in [2.05, 4.69) is 111 Å². The van der Waals surface area contributed by atoms with Gasteiger partial charge in [0.1, 0.15) is 0 Å². The van der Waals surface area contributed by atoms with E-state index < -0.39 is 0 Å². The molecule has 0 atom stereocenters. The Balaban J connectivity index is 1.92. The number of hydrogen-bond acceptors (Lipinski definition) is 0. The molecule has 0 saturated heterocycles. The van der Waals surface area contributed by atoms with Gasteiger partial charge in [0.25, 0.3) is 0 Å². The van der Waals surface area contributed by atoms with Crippen molar-refractivity contribution in [1.82, 2.24) is 0 Å². The third-order valence-electron chi connectivity index (χ3n) is 6.64. The zero-order valence-corrected chi connectivity index (χ0v) is 17.2. The van der Waals surface area contributed by atoms with E-state index in [1.807, 2.05) is 0 Å². The highest BCUT2D eigenvalue weighted by Gasteiger charge is 2.18. The van der Waals surface area contributed by atoms with Crippen LogP contribution in [0.15, 0.2) is 97.1 Å². The highest BCUT2D eigenvalue weighted by atomic mass is 14.2. The standard InChI is InChI=1S/C30H22/c1-19-21-11-3-5-13-23(21)25-15-7-9-17-27(25)29(19)30-20(2)22-12-4-6-14-24(22)26-16-8-10-18-28(26)30/h3-18H,1-2H3. The van der Waals surface area contributed by atoms with Crippen LogP contribution in [0.4, 0.5) is 0 Å². The van der Waals surface area contributed by atoms with Gasteiger partial charge in [-0.2, -0.15) is 0 Å². The van der Waals surface area contributed by atoms with Crippen LogP contribution in [0.5, 0.6) is 0 Å². The average Bonchev–Trinajstić information content (AvgIpc) is 2.81. The summed E-state index contributed by atoms with van der Waals surface area (Å²) in [5, 5.41) is 10.6. The Kier molecular flexibility index (Phi) is 3.70. The molecule has 0 aliphatic rings. The zero-order valence-electron chi connectivity index (χ0n) is 17.2. The molecule has 0 amide bonds. The maximum atomic E-state index is 2.29. The predicted octanol–water partition coefficient (Wildman–Crippen LogP) is 8.58. The van der Waals surface area contributed by atoms with Crippen molar-refractivity contribution in [2.24, 2.45) is 0 Å². The Hall–Kier alpha value is -3.64. The SMILES string of the molecule is Cc1c(-c2c(C)c3ccccc3c3ccccc23)c2ccccc2c2ccccc12. The monoisotopic (exact) mass is 382 g/mol. The molecule has 0 spiro atoms. The molecule has 0 bridgehead atoms. The van der Waals surface area contributed by atoms with E-state index in [-0.39, 0.29) is 0 Å². The summed E-state index contributed by atoms with van der Waals surface area (Å²) in [6.07, 6.45) is 0. The third kappa shape index (κ3) is 2.28. The summed E-state index contributed by atoms with van der Waals surface area (Å²) < 4.78 is 0. The molecule has 0 radical (unpaired) electrons. The molecule has 0 aromatic heterocycles. The molecule has 30 heavy (non-hydrogen) atoms. The van der Waals surface area contributed by atoms with Gasteiger partial charge in [0.05, 0.1) is 0 Å². The average molecular weight is 383 g/mol. The van der Waals surface area contributed by atoms with E-state index in [9.17, 15) is 0 Å². The van der Waals surface area contributed by atoms with Crippen molar-refractivity contribution in [1.29, 1.82) is 0 Å². The van der Waals surface area contributed by atoms with Crippen LogP contribution in [-0.4, -0.2) is 0 Å². The largest absolute Gasteiger partial charge is 0.0616 e. The van der Waals surface area contributed by atoms with Gasteiger partial charge in [-0.15, -0.1) is 0 Å². The highest BCUT2D eigenvalue weighted by Crippen LogP contribution is 2.45. The molecule has 6 aromatic carbocycles. The normalized spacial score (nSPS) is 11.7. The summed E-state index contributed by atoms with van der Waals surface area (Å²) in [7, 11) is 0. The molecule has 0 aliphatic heterocycles. The molecule has 0 heterocycles. The lowest BCUT2D eigenvalue weighted by molar-refractivity contribution is 1.49. The fourth-order valence-corrected chi connectivity index (χ4v) is 5.28. The quantitative estimate of drug-likeness (QED) is 0.250. The predicted molar refractivity (Wildman–Crippen MR) is 131 cm³/mol. The van der Waals surface area contributed by atoms with Crippen LogP contribution >= 0.6 is 0 Å². The number of fused-ring (bicyclic) bond motifs is 6. The number of aryl methyl sites for hydroxylation is 2. The van der Waals surface area contributed by atoms with Crippen molar-refractivity contribution < 1.29 is 0 Å². The van der Waals surface area contributed by atoms with Gasteiger partial charge in [0, 0.05) is 0 Å². The minimum atomic E-state index is 1.32. The van der Waals surface area contributed by atoms with Crippen molar-refractivity contribution in [3.8, 4) is 11.1 Å². The molecule has 0 heteroatoms. The van der Waals surface area contributed by atoms with Crippen LogP contribution in [0.1, 0.15) is 11.1 Å². The Morgan fingerprint density at radius 3 is 0.867 bits per heavy atom. The van der Waals surface area contributed by atoms with Crippen LogP contribution in [0.2, 0.25) is 0 Å². The van der Waals surface area contributed by atoms with E-state index in [1.54, 1.807) is 0 Å². The van der Waals surface area contributed by atoms with Crippen molar-refractivity contribution in [2.45, 2.75) is 13.8 Å². The maximum Gasteiger partial charge on any atom is -0.00606 e. The Bertz CT molecular complexity index is 1480. The lowest BCUT2D eigenvalue weighted by atomic mass is 9.83. The van der Waals surface area contributed by atoms with Crippen molar-refractivity contribution >= 4 is 43.1 Å². The first-order valence-electron chi connectivity index (χ1n) is 10.6. The van der Waals surface area contributed by atoms with Crippen LogP contribution < -0.4 is 0 Å². The molecule has 0 aliphatic carbocycles. The van der Waals surface area contributed by atoms with Gasteiger partial charge < -0.3 is 0 Å². The summed E-state index contributed by atoms with van der Waals surface area (Å²) in [6, 6.07) is 35.3. The van der Waals surface area contributed by atoms with Crippen molar-refractivity contribution in [2.75, 3.05) is 0 Å². The van der Waals surface area contributed by atoms with Crippen LogP contribution in [-0.2, 0) is 0 Å². The molecule has 0 fully saturated rings. The van der Waals surface area contributed by atoms with Gasteiger partial charge in [-0.3, -0.25) is 0 Å². The summed E-state index contributed by atoms with van der Waals surface area (Å²) in [6.45, 7) is 4.57. The molecule has 6 rings (SSSR count). The Labute approximate surface area is 176 Å². The first kappa shape index (κ1) is 17.2. The fourth-order valence-electron chi connectivity index (χ4n) is 5.28. The lowest BCUT2D eigenvalue weighted by Crippen LogP contribution is -1.95. The third-order valence-corrected chi connectivity index (χ3v) is 6.64. The van der Waals surface area contributed by atoms with Gasteiger partial charge in [-0.1, -0.05) is 97.1 Å². The number of hydrogen-bond donors (Lipinski definition) is 0. The summed E-state index contributed by atoms with van der Waals surface area (Å²) >= 11 is 0. The van der Waals surface area contributed by atoms with Crippen LogP contribution in [0.3, 0.4) is 0 Å². The second-order valence-electron chi connectivity index (χ2n) is 8.18. The minimum Gasteiger partial charge on any atom is -0.0616 e. The summed E-state index contributed by atoms with van der Waals surface area (Å²) in [5.74, 6) is 0. The fraction of sp³-hybridized carbons (Fsp3) is 0.0667. The van der Waals surface area contributed by atoms with Crippen LogP contribution in [0.25, 0.3) is 54.2 Å². The van der Waals surface area contributed by atoms with Gasteiger partial charge >= 0.3 is 0 Å². The summed E-state index contributed by atoms with van der Waals surface area (Å²) in [4.78, 5) is 0. The van der Waals surface area contributed by atoms with Gasteiger partial charge in [0.15, 0.2) is 0 Å². The van der Waals surface area contributed by atoms with Crippen molar-refractivity contribution in [3.05, 3.63) is 108 Å². The molecule has 0 nitrogen and oxygen atoms in total. The first-order valence-corrected chi connectivity index (χ1v) is 10.6. The van der Waals surface area contributed by atoms with Gasteiger partial charge in [0.2, 0.25) is 0 Å². The zero-order chi connectivity index (χ0) is 20.2. The number of benzene rings is 6. The molecule has 0 unspecified atom stereocenters. The Morgan fingerprint density at radius 1 is 0.300 bits per heavy atom. The molecular formula is C30H22. The minimum absolute atomic E-state index is 1.32. The van der Waals surface area contributed by atoms with Crippen molar-refractivity contribution in [3.63, 3.8) is 0 Å². The van der Waals surface area contributed by atoms with E-state index in [1.165, 1.54) is 65.3 Å². The van der Waals surface area contributed by atoms with Gasteiger partial charge in [-0.05, 0) is 79.2 Å². The molecule has 142 valence electrons. The van der Waals surface area contributed by atoms with E-state index in [4.69, 9.17) is 0 Å². The van der Waals surface area contributed by atoms with E-state index in [0.717, 1.165) is 0 Å². The topological polar surface area (TPSA) is 0 Å². The second kappa shape index (κ2) is 6.43. The van der Waals surface area contributed by atoms with Crippen LogP contribution in [0, 0.1) is 13.8 Å².